The zero-order valence-electron chi connectivity index (χ0n) is 17.4. The highest BCUT2D eigenvalue weighted by Gasteiger charge is 2.38. The van der Waals surface area contributed by atoms with Crippen molar-refractivity contribution in [3.05, 3.63) is 46.6 Å². The molecular weight excluding hydrogens is 432 g/mol. The van der Waals surface area contributed by atoms with E-state index in [-0.39, 0.29) is 12.1 Å². The Morgan fingerprint density at radius 2 is 1.97 bits per heavy atom. The van der Waals surface area contributed by atoms with Crippen LogP contribution in [0.4, 0.5) is 11.8 Å². The highest BCUT2D eigenvalue weighted by Crippen LogP contribution is 2.38. The molecule has 2 aromatic rings. The van der Waals surface area contributed by atoms with Crippen molar-refractivity contribution >= 4 is 39.7 Å². The monoisotopic (exact) mass is 458 g/mol. The Labute approximate surface area is 190 Å². The van der Waals surface area contributed by atoms with E-state index in [1.54, 1.807) is 0 Å². The lowest BCUT2D eigenvalue weighted by Crippen LogP contribution is -2.49. The Bertz CT molecular complexity index is 1030. The summed E-state index contributed by atoms with van der Waals surface area (Å²) in [4.78, 5) is 12.6. The minimum Gasteiger partial charge on any atom is -0.394 e. The summed E-state index contributed by atoms with van der Waals surface area (Å²) < 4.78 is 12.8. The van der Waals surface area contributed by atoms with Crippen molar-refractivity contribution in [3.63, 3.8) is 0 Å². The van der Waals surface area contributed by atoms with Gasteiger partial charge in [-0.05, 0) is 61.8 Å². The maximum Gasteiger partial charge on any atom is 0.227 e. The van der Waals surface area contributed by atoms with Crippen LogP contribution in [0.3, 0.4) is 0 Å². The Kier molecular flexibility index (Phi) is 5.75. The van der Waals surface area contributed by atoms with Crippen LogP contribution in [0.1, 0.15) is 43.4 Å². The molecule has 1 atom stereocenters. The summed E-state index contributed by atoms with van der Waals surface area (Å²) in [6, 6.07) is 7.96. The van der Waals surface area contributed by atoms with Crippen LogP contribution in [0, 0.1) is 0 Å². The molecule has 0 bridgehead atoms. The predicted octanol–water partition coefficient (Wildman–Crippen LogP) is 3.80. The Hall–Kier alpha value is -1.96. The fourth-order valence-corrected chi connectivity index (χ4v) is 6.01. The van der Waals surface area contributed by atoms with Crippen LogP contribution in [0.25, 0.3) is 5.57 Å². The van der Waals surface area contributed by atoms with Crippen molar-refractivity contribution in [1.29, 1.82) is 0 Å². The Morgan fingerprint density at radius 3 is 2.61 bits per heavy atom. The maximum absolute atomic E-state index is 12.8. The molecule has 1 aliphatic carbocycles. The first-order chi connectivity index (χ1) is 15.1. The second kappa shape index (κ2) is 8.52. The molecular formula is C23H27ClN4O2S. The lowest BCUT2D eigenvalue weighted by molar-refractivity contribution is 0.143. The summed E-state index contributed by atoms with van der Waals surface area (Å²) in [7, 11) is -1.10. The van der Waals surface area contributed by atoms with Gasteiger partial charge in [-0.3, -0.25) is 4.21 Å². The molecule has 0 spiro atoms. The number of rotatable bonds is 5. The summed E-state index contributed by atoms with van der Waals surface area (Å²) >= 11 is 6.02. The number of nitrogens with one attached hydrogen (secondary N) is 1. The maximum atomic E-state index is 12.8. The molecule has 0 amide bonds. The van der Waals surface area contributed by atoms with Crippen LogP contribution in [0.15, 0.2) is 35.2 Å². The highest BCUT2D eigenvalue weighted by atomic mass is 35.5. The third-order valence-electron chi connectivity index (χ3n) is 6.60. The summed E-state index contributed by atoms with van der Waals surface area (Å²) in [5.41, 5.74) is 3.05. The molecule has 2 aliphatic heterocycles. The molecule has 8 heteroatoms. The second-order valence-corrected chi connectivity index (χ2v) is 10.6. The fourth-order valence-electron chi connectivity index (χ4n) is 4.55. The molecule has 1 saturated carbocycles. The largest absolute Gasteiger partial charge is 0.394 e. The molecule has 6 nitrogen and oxygen atoms in total. The van der Waals surface area contributed by atoms with Crippen LogP contribution in [0.2, 0.25) is 5.02 Å². The number of halogens is 1. The number of aryl methyl sites for hydroxylation is 1. The minimum atomic E-state index is -1.10. The van der Waals surface area contributed by atoms with Gasteiger partial charge in [0, 0.05) is 23.9 Å². The van der Waals surface area contributed by atoms with Gasteiger partial charge in [-0.1, -0.05) is 29.8 Å². The van der Waals surface area contributed by atoms with Gasteiger partial charge in [0.2, 0.25) is 5.95 Å². The van der Waals surface area contributed by atoms with Gasteiger partial charge in [0.25, 0.3) is 0 Å². The van der Waals surface area contributed by atoms with Crippen LogP contribution >= 0.6 is 11.6 Å². The van der Waals surface area contributed by atoms with E-state index in [0.717, 1.165) is 67.2 Å². The van der Waals surface area contributed by atoms with Crippen LogP contribution < -0.4 is 10.2 Å². The van der Waals surface area contributed by atoms with Gasteiger partial charge in [-0.2, -0.15) is 4.98 Å². The number of fused-ring (bicyclic) bond motifs is 1. The summed E-state index contributed by atoms with van der Waals surface area (Å²) in [6.45, 7) is 1.61. The van der Waals surface area contributed by atoms with Gasteiger partial charge < -0.3 is 15.3 Å². The Balaban J connectivity index is 1.44. The van der Waals surface area contributed by atoms with Crippen LogP contribution in [-0.2, 0) is 17.2 Å². The smallest absolute Gasteiger partial charge is 0.227 e. The molecule has 0 radical (unpaired) electrons. The first kappa shape index (κ1) is 20.9. The van der Waals surface area contributed by atoms with Crippen LogP contribution in [0.5, 0.6) is 0 Å². The average Bonchev–Trinajstić information content (AvgIpc) is 2.77. The van der Waals surface area contributed by atoms with Gasteiger partial charge in [0.1, 0.15) is 10.7 Å². The third kappa shape index (κ3) is 4.11. The first-order valence-electron chi connectivity index (χ1n) is 11.0. The molecule has 164 valence electrons. The lowest BCUT2D eigenvalue weighted by Gasteiger charge is -2.42. The van der Waals surface area contributed by atoms with E-state index in [1.165, 1.54) is 11.1 Å². The SMILES string of the molecule is O=[S@]1CCCc2nc(N3CC=C(c4ccc(Cl)cc4)CC3)nc(NC3(CO)CCC3)c21. The lowest BCUT2D eigenvalue weighted by atomic mass is 9.77. The second-order valence-electron chi connectivity index (χ2n) is 8.65. The van der Waals surface area contributed by atoms with E-state index in [9.17, 15) is 9.32 Å². The van der Waals surface area contributed by atoms with E-state index in [1.807, 2.05) is 12.1 Å². The molecule has 31 heavy (non-hydrogen) atoms. The summed E-state index contributed by atoms with van der Waals surface area (Å²) in [5.74, 6) is 1.98. The molecule has 0 saturated heterocycles. The summed E-state index contributed by atoms with van der Waals surface area (Å²) in [6.07, 6.45) is 7.71. The standard InChI is InChI=1S/C23H27ClN4O2S/c24-18-6-4-16(5-7-18)17-8-12-28(13-9-17)22-25-19-3-1-14-31(30)20(19)21(26-22)27-23(15-29)10-2-11-23/h4-8,29H,1-3,9-15H2,(H,25,26,27)/t31-/m0/s1. The first-order valence-corrected chi connectivity index (χ1v) is 12.6. The van der Waals surface area contributed by atoms with E-state index in [0.29, 0.717) is 17.5 Å². The van der Waals surface area contributed by atoms with Gasteiger partial charge in [-0.25, -0.2) is 4.98 Å². The van der Waals surface area contributed by atoms with Gasteiger partial charge in [0.15, 0.2) is 0 Å². The van der Waals surface area contributed by atoms with Gasteiger partial charge >= 0.3 is 0 Å². The number of hydrogen-bond donors (Lipinski definition) is 2. The molecule has 0 unspecified atom stereocenters. The van der Waals surface area contributed by atoms with E-state index in [4.69, 9.17) is 21.6 Å². The average molecular weight is 459 g/mol. The predicted molar refractivity (Wildman–Crippen MR) is 125 cm³/mol. The molecule has 2 N–H and O–H groups in total. The molecule has 1 fully saturated rings. The quantitative estimate of drug-likeness (QED) is 0.709. The molecule has 3 heterocycles. The number of hydrogen-bond acceptors (Lipinski definition) is 6. The highest BCUT2D eigenvalue weighted by molar-refractivity contribution is 7.85. The van der Waals surface area contributed by atoms with Crippen molar-refractivity contribution < 1.29 is 9.32 Å². The number of aliphatic hydroxyl groups excluding tert-OH is 1. The van der Waals surface area contributed by atoms with E-state index in [2.05, 4.69) is 28.4 Å². The van der Waals surface area contributed by atoms with Gasteiger partial charge in [-0.15, -0.1) is 0 Å². The number of aliphatic hydroxyl groups is 1. The molecule has 1 aromatic heterocycles. The van der Waals surface area contributed by atoms with Crippen molar-refractivity contribution in [3.8, 4) is 0 Å². The third-order valence-corrected chi connectivity index (χ3v) is 8.39. The number of anilines is 2. The van der Waals surface area contributed by atoms with E-state index < -0.39 is 10.8 Å². The number of benzene rings is 1. The van der Waals surface area contributed by atoms with Crippen molar-refractivity contribution in [2.24, 2.45) is 0 Å². The van der Waals surface area contributed by atoms with E-state index >= 15 is 0 Å². The van der Waals surface area contributed by atoms with Crippen molar-refractivity contribution in [1.82, 2.24) is 9.97 Å². The molecule has 3 aliphatic rings. The minimum absolute atomic E-state index is 0.0602. The zero-order valence-corrected chi connectivity index (χ0v) is 19.0. The van der Waals surface area contributed by atoms with Crippen molar-refractivity contribution in [2.75, 3.05) is 35.7 Å². The van der Waals surface area contributed by atoms with Crippen molar-refractivity contribution in [2.45, 2.75) is 49.0 Å². The number of nitrogens with zero attached hydrogens (tertiary/aromatic N) is 3. The number of aromatic nitrogens is 2. The topological polar surface area (TPSA) is 78.4 Å². The Morgan fingerprint density at radius 1 is 1.16 bits per heavy atom. The fraction of sp³-hybridized carbons (Fsp3) is 0.478. The van der Waals surface area contributed by atoms with Gasteiger partial charge in [0.05, 0.1) is 28.6 Å². The molecule has 1 aromatic carbocycles. The summed E-state index contributed by atoms with van der Waals surface area (Å²) in [5, 5.41) is 14.1. The van der Waals surface area contributed by atoms with Crippen LogP contribution in [-0.4, -0.2) is 50.3 Å². The normalized spacial score (nSPS) is 22.3. The molecule has 5 rings (SSSR count). The zero-order chi connectivity index (χ0) is 21.4.